The molecule has 0 radical (unpaired) electrons. The average Bonchev–Trinajstić information content (AvgIpc) is 2.87. The van der Waals surface area contributed by atoms with E-state index in [-0.39, 0.29) is 5.54 Å². The van der Waals surface area contributed by atoms with E-state index in [1.807, 2.05) is 0 Å². The van der Waals surface area contributed by atoms with Crippen molar-refractivity contribution in [1.82, 2.24) is 28.2 Å². The van der Waals surface area contributed by atoms with Gasteiger partial charge in [0, 0.05) is 61.9 Å². The van der Waals surface area contributed by atoms with E-state index in [9.17, 15) is 0 Å². The highest BCUT2D eigenvalue weighted by molar-refractivity contribution is 7.79. The van der Waals surface area contributed by atoms with Crippen molar-refractivity contribution in [2.24, 2.45) is 4.74 Å². The van der Waals surface area contributed by atoms with Gasteiger partial charge in [-0.1, -0.05) is 74.1 Å². The molecule has 2 aliphatic rings. The lowest BCUT2D eigenvalue weighted by Crippen LogP contribution is -2.50. The largest absolute Gasteiger partial charge is 0.311 e. The first-order valence-electron chi connectivity index (χ1n) is 15.7. The van der Waals surface area contributed by atoms with Crippen molar-refractivity contribution in [2.75, 3.05) is 62.4 Å². The molecule has 0 aromatic heterocycles. The third-order valence-electron chi connectivity index (χ3n) is 8.57. The molecule has 0 spiro atoms. The van der Waals surface area contributed by atoms with Crippen LogP contribution in [0.15, 0.2) is 29.0 Å². The van der Waals surface area contributed by atoms with Gasteiger partial charge in [0.1, 0.15) is 0 Å². The number of nitrogens with zero attached hydrogens (tertiary/aromatic N) is 6. The van der Waals surface area contributed by atoms with Crippen LogP contribution < -0.4 is 4.86 Å². The molecule has 230 valence electrons. The van der Waals surface area contributed by atoms with Crippen LogP contribution in [0, 0.1) is 0 Å². The van der Waals surface area contributed by atoms with Gasteiger partial charge >= 0.3 is 7.87 Å². The first kappa shape index (κ1) is 34.1. The predicted molar refractivity (Wildman–Crippen MR) is 179 cm³/mol. The Bertz CT molecular complexity index is 924. The second kappa shape index (κ2) is 14.9. The zero-order valence-corrected chi connectivity index (χ0v) is 29.4. The molecular formula is C31H62N7P2+. The fourth-order valence-electron chi connectivity index (χ4n) is 6.65. The molecule has 1 heterocycles. The SMILES string of the molecule is CN1CCCN(Cc2ccc(C3CCCCCCCCC3)cc2)P1(=NC(C)(C)C)N[P+](N(C)C)(N(C)C)N(C)C. The van der Waals surface area contributed by atoms with Crippen LogP contribution >= 0.6 is 15.4 Å². The quantitative estimate of drug-likeness (QED) is 0.307. The maximum Gasteiger partial charge on any atom is 0.311 e. The van der Waals surface area contributed by atoms with Crippen molar-refractivity contribution in [3.63, 3.8) is 0 Å². The smallest absolute Gasteiger partial charge is 0.252 e. The summed E-state index contributed by atoms with van der Waals surface area (Å²) in [6.07, 6.45) is 13.7. The van der Waals surface area contributed by atoms with E-state index < -0.39 is 15.4 Å². The van der Waals surface area contributed by atoms with E-state index in [0.717, 1.165) is 32.0 Å². The summed E-state index contributed by atoms with van der Waals surface area (Å²) in [5, 5.41) is 0. The van der Waals surface area contributed by atoms with Crippen LogP contribution in [0.1, 0.15) is 102 Å². The maximum atomic E-state index is 5.72. The van der Waals surface area contributed by atoms with Crippen LogP contribution in [-0.2, 0) is 6.54 Å². The number of benzene rings is 1. The van der Waals surface area contributed by atoms with E-state index in [1.54, 1.807) is 5.56 Å². The molecule has 0 bridgehead atoms. The van der Waals surface area contributed by atoms with Gasteiger partial charge in [-0.2, -0.15) is 0 Å². The summed E-state index contributed by atoms with van der Waals surface area (Å²) < 4.78 is 18.1. The van der Waals surface area contributed by atoms with Gasteiger partial charge in [-0.3, -0.25) is 4.74 Å². The van der Waals surface area contributed by atoms with Gasteiger partial charge in [0.15, 0.2) is 0 Å². The molecule has 1 aliphatic heterocycles. The van der Waals surface area contributed by atoms with Crippen LogP contribution in [0.5, 0.6) is 0 Å². The lowest BCUT2D eigenvalue weighted by atomic mass is 9.86. The number of hydrogen-bond acceptors (Lipinski definition) is 4. The molecule has 1 saturated heterocycles. The van der Waals surface area contributed by atoms with Gasteiger partial charge in [0.05, 0.1) is 5.54 Å². The Labute approximate surface area is 248 Å². The Morgan fingerprint density at radius 1 is 0.800 bits per heavy atom. The summed E-state index contributed by atoms with van der Waals surface area (Å²) in [6.45, 7) is 9.81. The standard InChI is InChI=1S/C31H62N7P2/c1-31(2,3)32-39(33-40(34(4)5,35(6)7)36(8)9)37(10)25-18-26-38(39)27-28-21-23-30(24-22-28)29-19-16-14-12-11-13-15-17-20-29/h21-24,29,33H,11-20,25-27H2,1-10H3/q+1. The van der Waals surface area contributed by atoms with E-state index >= 15 is 0 Å². The molecule has 1 aromatic rings. The maximum absolute atomic E-state index is 5.72. The third-order valence-corrected chi connectivity index (χ3v) is 17.2. The fraction of sp³-hybridized carbons (Fsp3) is 0.806. The highest BCUT2D eigenvalue weighted by Crippen LogP contribution is 2.71. The van der Waals surface area contributed by atoms with Crippen LogP contribution in [0.25, 0.3) is 0 Å². The van der Waals surface area contributed by atoms with E-state index in [0.29, 0.717) is 0 Å². The molecule has 0 amide bonds. The van der Waals surface area contributed by atoms with E-state index in [2.05, 4.69) is 123 Å². The van der Waals surface area contributed by atoms with Crippen molar-refractivity contribution >= 4 is 15.4 Å². The first-order chi connectivity index (χ1) is 18.8. The fourth-order valence-corrected chi connectivity index (χ4v) is 16.4. The summed E-state index contributed by atoms with van der Waals surface area (Å²) in [6, 6.07) is 9.73. The monoisotopic (exact) mass is 594 g/mol. The van der Waals surface area contributed by atoms with Crippen molar-refractivity contribution in [3.05, 3.63) is 35.4 Å². The highest BCUT2D eigenvalue weighted by Gasteiger charge is 2.55. The second-order valence-corrected chi connectivity index (χ2v) is 20.6. The van der Waals surface area contributed by atoms with Gasteiger partial charge in [-0.15, -0.1) is 14.0 Å². The topological polar surface area (TPSA) is 40.6 Å². The predicted octanol–water partition coefficient (Wildman–Crippen LogP) is 8.13. The summed E-state index contributed by atoms with van der Waals surface area (Å²) in [7, 11) is 11.3. The molecule has 1 aromatic carbocycles. The van der Waals surface area contributed by atoms with E-state index in [4.69, 9.17) is 4.74 Å². The highest BCUT2D eigenvalue weighted by atomic mass is 31.3. The summed E-state index contributed by atoms with van der Waals surface area (Å²) in [4.78, 5) is 4.33. The van der Waals surface area contributed by atoms with Crippen LogP contribution in [0.2, 0.25) is 0 Å². The third kappa shape index (κ3) is 8.38. The molecule has 2 fully saturated rings. The Kier molecular flexibility index (Phi) is 12.7. The Hall–Kier alpha value is -0.360. The minimum absolute atomic E-state index is 0.162. The number of nitrogens with one attached hydrogen (secondary N) is 1. The van der Waals surface area contributed by atoms with Crippen LogP contribution in [-0.4, -0.2) is 91.3 Å². The molecule has 1 atom stereocenters. The lowest BCUT2D eigenvalue weighted by Gasteiger charge is -2.51. The lowest BCUT2D eigenvalue weighted by molar-refractivity contribution is 0.322. The minimum atomic E-state index is -2.25. The molecule has 3 rings (SSSR count). The molecule has 1 aliphatic carbocycles. The molecule has 1 saturated carbocycles. The number of rotatable bonds is 8. The molecule has 40 heavy (non-hydrogen) atoms. The van der Waals surface area contributed by atoms with Crippen LogP contribution in [0.3, 0.4) is 0 Å². The minimum Gasteiger partial charge on any atom is -0.252 e. The van der Waals surface area contributed by atoms with Crippen molar-refractivity contribution in [1.29, 1.82) is 0 Å². The molecule has 1 unspecified atom stereocenters. The Balaban J connectivity index is 1.96. The van der Waals surface area contributed by atoms with E-state index in [1.165, 1.54) is 63.4 Å². The molecule has 1 N–H and O–H groups in total. The molecule has 9 heteroatoms. The zero-order valence-electron chi connectivity index (χ0n) is 27.7. The van der Waals surface area contributed by atoms with Gasteiger partial charge < -0.3 is 0 Å². The molecule has 7 nitrogen and oxygen atoms in total. The van der Waals surface area contributed by atoms with Gasteiger partial charge in [0.2, 0.25) is 7.51 Å². The number of hydrogen-bond donors (Lipinski definition) is 1. The zero-order chi connectivity index (χ0) is 29.6. The normalized spacial score (nSPS) is 23.7. The van der Waals surface area contributed by atoms with Gasteiger partial charge in [-0.25, -0.2) is 9.34 Å². The summed E-state index contributed by atoms with van der Waals surface area (Å²) in [5.74, 6) is 0.725. The molecular weight excluding hydrogens is 532 g/mol. The summed E-state index contributed by atoms with van der Waals surface area (Å²) in [5.41, 5.74) is 2.79. The van der Waals surface area contributed by atoms with Gasteiger partial charge in [0.25, 0.3) is 0 Å². The van der Waals surface area contributed by atoms with Crippen molar-refractivity contribution < 1.29 is 0 Å². The average molecular weight is 595 g/mol. The first-order valence-corrected chi connectivity index (χ1v) is 19.0. The van der Waals surface area contributed by atoms with Gasteiger partial charge in [-0.05, 0) is 64.1 Å². The van der Waals surface area contributed by atoms with Crippen LogP contribution in [0.4, 0.5) is 0 Å². The van der Waals surface area contributed by atoms with Crippen molar-refractivity contribution in [2.45, 2.75) is 103 Å². The second-order valence-electron chi connectivity index (χ2n) is 13.7. The Morgan fingerprint density at radius 2 is 1.30 bits per heavy atom. The van der Waals surface area contributed by atoms with Crippen molar-refractivity contribution in [3.8, 4) is 0 Å². The summed E-state index contributed by atoms with van der Waals surface area (Å²) >= 11 is 0. The Morgan fingerprint density at radius 3 is 1.77 bits per heavy atom.